The zero-order valence-corrected chi connectivity index (χ0v) is 12.0. The van der Waals surface area contributed by atoms with E-state index in [-0.39, 0.29) is 6.61 Å². The van der Waals surface area contributed by atoms with Crippen LogP contribution in [0.3, 0.4) is 0 Å². The van der Waals surface area contributed by atoms with Gasteiger partial charge in [-0.15, -0.1) is 0 Å². The fraction of sp³-hybridized carbons (Fsp3) is 0.167. The highest BCUT2D eigenvalue weighted by Crippen LogP contribution is 2.28. The Labute approximate surface area is 124 Å². The first kappa shape index (κ1) is 13.6. The molecule has 2 N–H and O–H groups in total. The normalized spacial score (nSPS) is 10.8. The first-order valence-electron chi connectivity index (χ1n) is 7.09. The van der Waals surface area contributed by atoms with Gasteiger partial charge in [-0.1, -0.05) is 48.0 Å². The first-order chi connectivity index (χ1) is 10.3. The predicted molar refractivity (Wildman–Crippen MR) is 87.5 cm³/mol. The fourth-order valence-corrected chi connectivity index (χ4v) is 2.38. The summed E-state index contributed by atoms with van der Waals surface area (Å²) in [7, 11) is 0. The molecule has 106 valence electrons. The van der Waals surface area contributed by atoms with Crippen molar-refractivity contribution in [3.8, 4) is 11.3 Å². The Morgan fingerprint density at radius 2 is 1.81 bits per heavy atom. The summed E-state index contributed by atoms with van der Waals surface area (Å²) >= 11 is 0. The SMILES string of the molecule is Cc1ccc(-c2cc(NCCO)c3ccccc3n2)cc1. The Kier molecular flexibility index (Phi) is 3.84. The van der Waals surface area contributed by atoms with Gasteiger partial charge in [-0.05, 0) is 19.1 Å². The molecule has 0 aliphatic heterocycles. The summed E-state index contributed by atoms with van der Waals surface area (Å²) in [5.74, 6) is 0. The third kappa shape index (κ3) is 2.88. The van der Waals surface area contributed by atoms with Gasteiger partial charge < -0.3 is 10.4 Å². The van der Waals surface area contributed by atoms with Crippen molar-refractivity contribution in [1.82, 2.24) is 4.98 Å². The summed E-state index contributed by atoms with van der Waals surface area (Å²) in [6.07, 6.45) is 0. The number of pyridine rings is 1. The molecule has 0 saturated heterocycles. The summed E-state index contributed by atoms with van der Waals surface area (Å²) in [5.41, 5.74) is 5.23. The van der Waals surface area contributed by atoms with Crippen LogP contribution in [-0.4, -0.2) is 23.2 Å². The van der Waals surface area contributed by atoms with Gasteiger partial charge in [-0.3, -0.25) is 0 Å². The summed E-state index contributed by atoms with van der Waals surface area (Å²) in [5, 5.41) is 13.4. The van der Waals surface area contributed by atoms with Crippen LogP contribution in [0.2, 0.25) is 0 Å². The minimum atomic E-state index is 0.108. The van der Waals surface area contributed by atoms with Gasteiger partial charge >= 0.3 is 0 Å². The molecule has 0 fully saturated rings. The Hall–Kier alpha value is -2.39. The van der Waals surface area contributed by atoms with E-state index in [1.54, 1.807) is 0 Å². The second kappa shape index (κ2) is 5.94. The lowest BCUT2D eigenvalue weighted by atomic mass is 10.1. The number of aryl methyl sites for hydroxylation is 1. The van der Waals surface area contributed by atoms with Gasteiger partial charge in [0.15, 0.2) is 0 Å². The van der Waals surface area contributed by atoms with Crippen molar-refractivity contribution in [1.29, 1.82) is 0 Å². The number of para-hydroxylation sites is 1. The van der Waals surface area contributed by atoms with Crippen molar-refractivity contribution in [3.63, 3.8) is 0 Å². The van der Waals surface area contributed by atoms with Crippen molar-refractivity contribution in [2.45, 2.75) is 6.92 Å². The number of benzene rings is 2. The molecule has 3 heteroatoms. The number of aliphatic hydroxyl groups is 1. The standard InChI is InChI=1S/C18H18N2O/c1-13-6-8-14(9-7-13)17-12-18(19-10-11-21)15-4-2-3-5-16(15)20-17/h2-9,12,21H,10-11H2,1H3,(H,19,20). The number of fused-ring (bicyclic) bond motifs is 1. The molecule has 0 radical (unpaired) electrons. The molecule has 0 aliphatic rings. The predicted octanol–water partition coefficient (Wildman–Crippen LogP) is 3.61. The van der Waals surface area contributed by atoms with E-state index >= 15 is 0 Å². The molecule has 21 heavy (non-hydrogen) atoms. The summed E-state index contributed by atoms with van der Waals surface area (Å²) < 4.78 is 0. The smallest absolute Gasteiger partial charge is 0.0730 e. The topological polar surface area (TPSA) is 45.1 Å². The second-order valence-corrected chi connectivity index (χ2v) is 5.09. The van der Waals surface area contributed by atoms with E-state index in [1.807, 2.05) is 30.3 Å². The Morgan fingerprint density at radius 3 is 2.57 bits per heavy atom. The quantitative estimate of drug-likeness (QED) is 0.766. The number of rotatable bonds is 4. The van der Waals surface area contributed by atoms with E-state index < -0.39 is 0 Å². The lowest BCUT2D eigenvalue weighted by Gasteiger charge is -2.11. The van der Waals surface area contributed by atoms with Gasteiger partial charge in [-0.2, -0.15) is 0 Å². The lowest BCUT2D eigenvalue weighted by Crippen LogP contribution is -2.06. The maximum atomic E-state index is 9.04. The van der Waals surface area contributed by atoms with Crippen LogP contribution >= 0.6 is 0 Å². The third-order valence-electron chi connectivity index (χ3n) is 3.49. The van der Waals surface area contributed by atoms with Gasteiger partial charge in [0, 0.05) is 23.2 Å². The van der Waals surface area contributed by atoms with Crippen LogP contribution in [0.25, 0.3) is 22.2 Å². The lowest BCUT2D eigenvalue weighted by molar-refractivity contribution is 0.311. The monoisotopic (exact) mass is 278 g/mol. The molecule has 2 aromatic carbocycles. The van der Waals surface area contributed by atoms with E-state index in [9.17, 15) is 0 Å². The van der Waals surface area contributed by atoms with Crippen molar-refractivity contribution in [2.24, 2.45) is 0 Å². The molecule has 3 nitrogen and oxygen atoms in total. The second-order valence-electron chi connectivity index (χ2n) is 5.09. The van der Waals surface area contributed by atoms with E-state index in [0.29, 0.717) is 6.54 Å². The molecular formula is C18H18N2O. The average molecular weight is 278 g/mol. The van der Waals surface area contributed by atoms with Crippen LogP contribution in [-0.2, 0) is 0 Å². The van der Waals surface area contributed by atoms with Crippen LogP contribution in [0, 0.1) is 6.92 Å². The largest absolute Gasteiger partial charge is 0.395 e. The maximum absolute atomic E-state index is 9.04. The Balaban J connectivity index is 2.12. The number of nitrogens with one attached hydrogen (secondary N) is 1. The highest BCUT2D eigenvalue weighted by atomic mass is 16.3. The van der Waals surface area contributed by atoms with Gasteiger partial charge in [-0.25, -0.2) is 4.98 Å². The van der Waals surface area contributed by atoms with Gasteiger partial charge in [0.25, 0.3) is 0 Å². The molecule has 1 aromatic heterocycles. The van der Waals surface area contributed by atoms with Crippen LogP contribution < -0.4 is 5.32 Å². The zero-order valence-electron chi connectivity index (χ0n) is 12.0. The summed E-state index contributed by atoms with van der Waals surface area (Å²) in [6.45, 7) is 2.71. The molecule has 0 saturated carbocycles. The molecule has 0 aliphatic carbocycles. The number of anilines is 1. The number of aliphatic hydroxyl groups excluding tert-OH is 1. The minimum Gasteiger partial charge on any atom is -0.395 e. The van der Waals surface area contributed by atoms with Crippen LogP contribution in [0.4, 0.5) is 5.69 Å². The number of aromatic nitrogens is 1. The molecule has 0 amide bonds. The maximum Gasteiger partial charge on any atom is 0.0730 e. The van der Waals surface area contributed by atoms with Crippen molar-refractivity contribution >= 4 is 16.6 Å². The zero-order chi connectivity index (χ0) is 14.7. The van der Waals surface area contributed by atoms with Crippen LogP contribution in [0.1, 0.15) is 5.56 Å². The number of nitrogens with zero attached hydrogens (tertiary/aromatic N) is 1. The summed E-state index contributed by atoms with van der Waals surface area (Å²) in [4.78, 5) is 4.74. The van der Waals surface area contributed by atoms with Crippen molar-refractivity contribution in [3.05, 3.63) is 60.2 Å². The van der Waals surface area contributed by atoms with E-state index in [2.05, 4.69) is 36.5 Å². The van der Waals surface area contributed by atoms with Gasteiger partial charge in [0.1, 0.15) is 0 Å². The Morgan fingerprint density at radius 1 is 1.05 bits per heavy atom. The van der Waals surface area contributed by atoms with Crippen molar-refractivity contribution in [2.75, 3.05) is 18.5 Å². The van der Waals surface area contributed by atoms with Crippen LogP contribution in [0.5, 0.6) is 0 Å². The molecular weight excluding hydrogens is 260 g/mol. The van der Waals surface area contributed by atoms with Crippen LogP contribution in [0.15, 0.2) is 54.6 Å². The fourth-order valence-electron chi connectivity index (χ4n) is 2.38. The highest BCUT2D eigenvalue weighted by molar-refractivity contribution is 5.93. The summed E-state index contributed by atoms with van der Waals surface area (Å²) in [6, 6.07) is 18.4. The number of hydrogen-bond donors (Lipinski definition) is 2. The molecule has 3 aromatic rings. The molecule has 0 unspecified atom stereocenters. The first-order valence-corrected chi connectivity index (χ1v) is 7.09. The third-order valence-corrected chi connectivity index (χ3v) is 3.49. The Bertz CT molecular complexity index is 751. The molecule has 1 heterocycles. The van der Waals surface area contributed by atoms with E-state index in [1.165, 1.54) is 5.56 Å². The molecule has 0 atom stereocenters. The van der Waals surface area contributed by atoms with E-state index in [0.717, 1.165) is 27.8 Å². The molecule has 0 spiro atoms. The van der Waals surface area contributed by atoms with Gasteiger partial charge in [0.2, 0.25) is 0 Å². The number of hydrogen-bond acceptors (Lipinski definition) is 3. The van der Waals surface area contributed by atoms with Gasteiger partial charge in [0.05, 0.1) is 17.8 Å². The minimum absolute atomic E-state index is 0.108. The molecule has 3 rings (SSSR count). The van der Waals surface area contributed by atoms with E-state index in [4.69, 9.17) is 10.1 Å². The highest BCUT2D eigenvalue weighted by Gasteiger charge is 2.07. The molecule has 0 bridgehead atoms. The van der Waals surface area contributed by atoms with Crippen molar-refractivity contribution < 1.29 is 5.11 Å². The average Bonchev–Trinajstić information content (AvgIpc) is 2.53.